The Morgan fingerprint density at radius 3 is 3.00 bits per heavy atom. The molecule has 2 aliphatic rings. The third-order valence-electron chi connectivity index (χ3n) is 3.74. The van der Waals surface area contributed by atoms with E-state index in [1.54, 1.807) is 0 Å². The third kappa shape index (κ3) is 2.31. The van der Waals surface area contributed by atoms with Crippen LogP contribution in [-0.4, -0.2) is 30.1 Å². The van der Waals surface area contributed by atoms with Gasteiger partial charge in [0.2, 0.25) is 0 Å². The maximum absolute atomic E-state index is 3.76. The monoisotopic (exact) mass is 236 g/mol. The zero-order chi connectivity index (χ0) is 11.0. The third-order valence-corrected chi connectivity index (χ3v) is 4.79. The first kappa shape index (κ1) is 10.8. The molecular formula is C13H20N2S. The molecule has 2 nitrogen and oxygen atoms in total. The van der Waals surface area contributed by atoms with Crippen molar-refractivity contribution in [2.24, 2.45) is 0 Å². The van der Waals surface area contributed by atoms with Crippen LogP contribution in [0.4, 0.5) is 0 Å². The highest BCUT2D eigenvalue weighted by Crippen LogP contribution is 2.30. The Bertz CT molecular complexity index is 332. The largest absolute Gasteiger partial charge is 0.305 e. The summed E-state index contributed by atoms with van der Waals surface area (Å²) in [5, 5.41) is 5.93. The van der Waals surface area contributed by atoms with Crippen LogP contribution >= 0.6 is 11.3 Å². The summed E-state index contributed by atoms with van der Waals surface area (Å²) >= 11 is 1.86. The Morgan fingerprint density at radius 1 is 1.44 bits per heavy atom. The minimum absolute atomic E-state index is 0.518. The van der Waals surface area contributed by atoms with Crippen molar-refractivity contribution in [3.8, 4) is 0 Å². The summed E-state index contributed by atoms with van der Waals surface area (Å²) in [6.07, 6.45) is 4.20. The second-order valence-corrected chi connectivity index (χ2v) is 6.09. The predicted molar refractivity (Wildman–Crippen MR) is 68.9 cm³/mol. The van der Waals surface area contributed by atoms with Crippen molar-refractivity contribution in [2.45, 2.75) is 44.3 Å². The molecule has 1 aliphatic carbocycles. The Hall–Kier alpha value is -0.380. The van der Waals surface area contributed by atoms with Gasteiger partial charge in [0, 0.05) is 36.1 Å². The Balaban J connectivity index is 1.51. The fourth-order valence-electron chi connectivity index (χ4n) is 2.67. The normalized spacial score (nSPS) is 28.4. The average molecular weight is 236 g/mol. The van der Waals surface area contributed by atoms with Crippen molar-refractivity contribution in [1.29, 1.82) is 0 Å². The van der Waals surface area contributed by atoms with Gasteiger partial charge in [-0.15, -0.1) is 11.3 Å². The molecule has 1 saturated heterocycles. The van der Waals surface area contributed by atoms with Crippen LogP contribution in [0.25, 0.3) is 0 Å². The van der Waals surface area contributed by atoms with Gasteiger partial charge in [-0.1, -0.05) is 6.07 Å². The van der Waals surface area contributed by atoms with Crippen LogP contribution in [0.15, 0.2) is 17.5 Å². The first-order valence-electron chi connectivity index (χ1n) is 6.36. The fourth-order valence-corrected chi connectivity index (χ4v) is 3.41. The molecule has 1 aromatic rings. The topological polar surface area (TPSA) is 15.3 Å². The zero-order valence-corrected chi connectivity index (χ0v) is 10.7. The van der Waals surface area contributed by atoms with Gasteiger partial charge < -0.3 is 5.32 Å². The van der Waals surface area contributed by atoms with Gasteiger partial charge in [-0.3, -0.25) is 4.90 Å². The van der Waals surface area contributed by atoms with Crippen LogP contribution in [0.3, 0.4) is 0 Å². The van der Waals surface area contributed by atoms with Crippen LogP contribution < -0.4 is 5.32 Å². The molecule has 3 heteroatoms. The van der Waals surface area contributed by atoms with Crippen molar-refractivity contribution < 1.29 is 0 Å². The molecule has 0 spiro atoms. The van der Waals surface area contributed by atoms with E-state index >= 15 is 0 Å². The lowest BCUT2D eigenvalue weighted by molar-refractivity contribution is 0.314. The van der Waals surface area contributed by atoms with E-state index in [-0.39, 0.29) is 0 Å². The summed E-state index contributed by atoms with van der Waals surface area (Å²) in [4.78, 5) is 4.13. The fraction of sp³-hybridized carbons (Fsp3) is 0.692. The lowest BCUT2D eigenvalue weighted by Gasteiger charge is -2.19. The highest BCUT2D eigenvalue weighted by molar-refractivity contribution is 7.10. The summed E-state index contributed by atoms with van der Waals surface area (Å²) in [7, 11) is 0. The number of hydrogen-bond acceptors (Lipinski definition) is 3. The molecule has 2 atom stereocenters. The standard InChI is InChI=1S/C13H20N2S/c1-10(13-3-2-8-16-13)14-11-6-7-15(9-11)12-4-5-12/h2-3,8,10-12,14H,4-7,9H2,1H3/t10-,11?/m0/s1. The predicted octanol–water partition coefficient (Wildman–Crippen LogP) is 2.64. The van der Waals surface area contributed by atoms with E-state index < -0.39 is 0 Å². The van der Waals surface area contributed by atoms with Gasteiger partial charge in [0.15, 0.2) is 0 Å². The highest BCUT2D eigenvalue weighted by atomic mass is 32.1. The van der Waals surface area contributed by atoms with E-state index in [1.807, 2.05) is 11.3 Å². The molecule has 1 N–H and O–H groups in total. The Kier molecular flexibility index (Phi) is 3.01. The molecule has 1 aromatic heterocycles. The van der Waals surface area contributed by atoms with Crippen LogP contribution in [0.5, 0.6) is 0 Å². The van der Waals surface area contributed by atoms with Crippen molar-refractivity contribution in [3.63, 3.8) is 0 Å². The number of nitrogens with one attached hydrogen (secondary N) is 1. The van der Waals surface area contributed by atoms with Crippen molar-refractivity contribution in [3.05, 3.63) is 22.4 Å². The molecule has 0 amide bonds. The molecular weight excluding hydrogens is 216 g/mol. The molecule has 1 saturated carbocycles. The zero-order valence-electron chi connectivity index (χ0n) is 9.86. The lowest BCUT2D eigenvalue weighted by atomic mass is 10.2. The van der Waals surface area contributed by atoms with Crippen LogP contribution in [0.1, 0.15) is 37.1 Å². The first-order chi connectivity index (χ1) is 7.83. The van der Waals surface area contributed by atoms with E-state index in [0.717, 1.165) is 6.04 Å². The van der Waals surface area contributed by atoms with Crippen LogP contribution in [0, 0.1) is 0 Å². The Morgan fingerprint density at radius 2 is 2.31 bits per heavy atom. The highest BCUT2D eigenvalue weighted by Gasteiger charge is 2.34. The van der Waals surface area contributed by atoms with Crippen LogP contribution in [0.2, 0.25) is 0 Å². The summed E-state index contributed by atoms with van der Waals surface area (Å²) in [6.45, 7) is 4.85. The molecule has 0 radical (unpaired) electrons. The number of rotatable bonds is 4. The molecule has 16 heavy (non-hydrogen) atoms. The van der Waals surface area contributed by atoms with Gasteiger partial charge in [-0.25, -0.2) is 0 Å². The van der Waals surface area contributed by atoms with Gasteiger partial charge in [-0.05, 0) is 37.6 Å². The molecule has 0 aromatic carbocycles. The van der Waals surface area contributed by atoms with E-state index in [2.05, 4.69) is 34.7 Å². The second-order valence-electron chi connectivity index (χ2n) is 5.12. The minimum Gasteiger partial charge on any atom is -0.305 e. The van der Waals surface area contributed by atoms with E-state index in [9.17, 15) is 0 Å². The molecule has 2 heterocycles. The molecule has 3 rings (SSSR count). The van der Waals surface area contributed by atoms with Crippen molar-refractivity contribution in [2.75, 3.05) is 13.1 Å². The SMILES string of the molecule is C[C@H](NC1CCN(C2CC2)C1)c1cccs1. The molecule has 88 valence electrons. The van der Waals surface area contributed by atoms with Gasteiger partial charge in [0.05, 0.1) is 0 Å². The number of hydrogen-bond donors (Lipinski definition) is 1. The van der Waals surface area contributed by atoms with Gasteiger partial charge in [0.1, 0.15) is 0 Å². The van der Waals surface area contributed by atoms with Gasteiger partial charge >= 0.3 is 0 Å². The number of likely N-dealkylation sites (tertiary alicyclic amines) is 1. The summed E-state index contributed by atoms with van der Waals surface area (Å²) in [6, 6.07) is 6.53. The molecule has 0 bridgehead atoms. The second kappa shape index (κ2) is 4.47. The molecule has 2 fully saturated rings. The molecule has 1 unspecified atom stereocenters. The maximum Gasteiger partial charge on any atom is 0.0388 e. The van der Waals surface area contributed by atoms with Crippen LogP contribution in [-0.2, 0) is 0 Å². The average Bonchev–Trinajstić information content (AvgIpc) is 2.82. The number of thiophene rings is 1. The minimum atomic E-state index is 0.518. The first-order valence-corrected chi connectivity index (χ1v) is 7.24. The van der Waals surface area contributed by atoms with Gasteiger partial charge in [-0.2, -0.15) is 0 Å². The molecule has 1 aliphatic heterocycles. The van der Waals surface area contributed by atoms with Crippen molar-refractivity contribution in [1.82, 2.24) is 10.2 Å². The Labute approximate surface area is 102 Å². The summed E-state index contributed by atoms with van der Waals surface area (Å²) in [5.74, 6) is 0. The quantitative estimate of drug-likeness (QED) is 0.864. The van der Waals surface area contributed by atoms with E-state index in [1.165, 1.54) is 37.2 Å². The smallest absolute Gasteiger partial charge is 0.0388 e. The van der Waals surface area contributed by atoms with Crippen molar-refractivity contribution >= 4 is 11.3 Å². The van der Waals surface area contributed by atoms with E-state index in [4.69, 9.17) is 0 Å². The summed E-state index contributed by atoms with van der Waals surface area (Å²) in [5.41, 5.74) is 0. The number of nitrogens with zero attached hydrogens (tertiary/aromatic N) is 1. The van der Waals surface area contributed by atoms with E-state index in [0.29, 0.717) is 12.1 Å². The summed E-state index contributed by atoms with van der Waals surface area (Å²) < 4.78 is 0. The maximum atomic E-state index is 3.76. The lowest BCUT2D eigenvalue weighted by Crippen LogP contribution is -2.34. The van der Waals surface area contributed by atoms with Gasteiger partial charge in [0.25, 0.3) is 0 Å².